The summed E-state index contributed by atoms with van der Waals surface area (Å²) >= 11 is 1.59. The first-order chi connectivity index (χ1) is 17.0. The number of ether oxygens (including phenoxy) is 1. The third-order valence-electron chi connectivity index (χ3n) is 6.60. The second-order valence-corrected chi connectivity index (χ2v) is 10.4. The van der Waals surface area contributed by atoms with Crippen LogP contribution in [0.3, 0.4) is 0 Å². The number of fused-ring (bicyclic) bond motifs is 1. The first-order valence-corrected chi connectivity index (χ1v) is 13.0. The lowest BCUT2D eigenvalue weighted by Gasteiger charge is -2.22. The summed E-state index contributed by atoms with van der Waals surface area (Å²) in [6.45, 7) is 2.46. The Hall–Kier alpha value is -3.30. The first kappa shape index (κ1) is 24.8. The molecule has 0 fully saturated rings. The Morgan fingerprint density at radius 1 is 1.20 bits per heavy atom. The van der Waals surface area contributed by atoms with Gasteiger partial charge < -0.3 is 4.74 Å². The standard InChI is InChI=1S/C29H30N2O3S/c1-20(22-7-3-2-4-8-22)15-24(32)17-28-26(18-30)25-12-10-21(16-27(25)35-28)19-34-29(33)13-11-23-9-5-6-14-31-23/h2-9,14,20-21H,10-13,15-17,19H2,1H3. The van der Waals surface area contributed by atoms with E-state index in [9.17, 15) is 14.9 Å². The zero-order chi connectivity index (χ0) is 24.6. The highest BCUT2D eigenvalue weighted by molar-refractivity contribution is 7.12. The summed E-state index contributed by atoms with van der Waals surface area (Å²) in [4.78, 5) is 31.3. The van der Waals surface area contributed by atoms with Crippen molar-refractivity contribution in [3.8, 4) is 6.07 Å². The topological polar surface area (TPSA) is 80.0 Å². The summed E-state index contributed by atoms with van der Waals surface area (Å²) < 4.78 is 5.55. The maximum atomic E-state index is 12.8. The van der Waals surface area contributed by atoms with E-state index < -0.39 is 0 Å². The van der Waals surface area contributed by atoms with Gasteiger partial charge >= 0.3 is 5.97 Å². The van der Waals surface area contributed by atoms with Crippen molar-refractivity contribution in [1.82, 2.24) is 4.98 Å². The minimum Gasteiger partial charge on any atom is -0.465 e. The van der Waals surface area contributed by atoms with Gasteiger partial charge in [-0.3, -0.25) is 14.6 Å². The molecule has 0 N–H and O–H groups in total. The van der Waals surface area contributed by atoms with E-state index in [-0.39, 0.29) is 23.6 Å². The van der Waals surface area contributed by atoms with Crippen LogP contribution < -0.4 is 0 Å². The highest BCUT2D eigenvalue weighted by atomic mass is 32.1. The van der Waals surface area contributed by atoms with Gasteiger partial charge in [-0.25, -0.2) is 0 Å². The lowest BCUT2D eigenvalue weighted by Crippen LogP contribution is -2.20. The molecular formula is C29H30N2O3S. The van der Waals surface area contributed by atoms with Crippen molar-refractivity contribution in [2.75, 3.05) is 6.61 Å². The molecule has 2 atom stereocenters. The number of hydrogen-bond acceptors (Lipinski definition) is 6. The van der Waals surface area contributed by atoms with Crippen molar-refractivity contribution in [2.24, 2.45) is 5.92 Å². The predicted octanol–water partition coefficient (Wildman–Crippen LogP) is 5.60. The van der Waals surface area contributed by atoms with Crippen LogP contribution in [0, 0.1) is 17.2 Å². The van der Waals surface area contributed by atoms with E-state index >= 15 is 0 Å². The molecule has 5 nitrogen and oxygen atoms in total. The summed E-state index contributed by atoms with van der Waals surface area (Å²) in [5.41, 5.74) is 3.82. The predicted molar refractivity (Wildman–Crippen MR) is 136 cm³/mol. The van der Waals surface area contributed by atoms with Crippen molar-refractivity contribution >= 4 is 23.1 Å². The lowest BCUT2D eigenvalue weighted by atomic mass is 9.87. The summed E-state index contributed by atoms with van der Waals surface area (Å²) in [5, 5.41) is 9.80. The molecule has 1 aliphatic rings. The average Bonchev–Trinajstić information content (AvgIpc) is 3.23. The fourth-order valence-corrected chi connectivity index (χ4v) is 6.11. The zero-order valence-electron chi connectivity index (χ0n) is 20.0. The molecule has 3 aromatic rings. The number of ketones is 1. The Morgan fingerprint density at radius 2 is 2.00 bits per heavy atom. The average molecular weight is 487 g/mol. The number of nitrogens with zero attached hydrogens (tertiary/aromatic N) is 2. The summed E-state index contributed by atoms with van der Waals surface area (Å²) in [6, 6.07) is 18.1. The number of carbonyl (C=O) groups is 2. The SMILES string of the molecule is CC(CC(=O)Cc1sc2c(c1C#N)CCC(COC(=O)CCc1ccccn1)C2)c1ccccc1. The van der Waals surface area contributed by atoms with Crippen molar-refractivity contribution in [3.05, 3.63) is 86.9 Å². The molecule has 0 radical (unpaired) electrons. The van der Waals surface area contributed by atoms with Gasteiger partial charge in [0.25, 0.3) is 0 Å². The van der Waals surface area contributed by atoms with Gasteiger partial charge in [0.05, 0.1) is 18.6 Å². The zero-order valence-corrected chi connectivity index (χ0v) is 20.9. The number of pyridine rings is 1. The molecule has 0 bridgehead atoms. The van der Waals surface area contributed by atoms with Crippen LogP contribution >= 0.6 is 11.3 Å². The second kappa shape index (κ2) is 11.9. The fourth-order valence-electron chi connectivity index (χ4n) is 4.66. The fraction of sp³-hybridized carbons (Fsp3) is 0.379. The number of nitriles is 1. The van der Waals surface area contributed by atoms with E-state index in [1.165, 1.54) is 4.88 Å². The van der Waals surface area contributed by atoms with E-state index in [1.807, 2.05) is 48.5 Å². The van der Waals surface area contributed by atoms with Crippen molar-refractivity contribution in [1.29, 1.82) is 5.26 Å². The molecule has 1 aliphatic carbocycles. The van der Waals surface area contributed by atoms with Gasteiger partial charge in [-0.15, -0.1) is 11.3 Å². The van der Waals surface area contributed by atoms with E-state index in [2.05, 4.69) is 18.0 Å². The lowest BCUT2D eigenvalue weighted by molar-refractivity contribution is -0.145. The monoisotopic (exact) mass is 486 g/mol. The molecular weight excluding hydrogens is 456 g/mol. The number of esters is 1. The Bertz CT molecular complexity index is 1200. The van der Waals surface area contributed by atoms with Crippen molar-refractivity contribution in [2.45, 2.75) is 57.8 Å². The first-order valence-electron chi connectivity index (χ1n) is 12.2. The van der Waals surface area contributed by atoms with Gasteiger partial charge in [0, 0.05) is 40.9 Å². The number of carbonyl (C=O) groups excluding carboxylic acids is 2. The molecule has 1 aromatic carbocycles. The number of rotatable bonds is 10. The Kier molecular flexibility index (Phi) is 8.44. The highest BCUT2D eigenvalue weighted by Crippen LogP contribution is 2.37. The summed E-state index contributed by atoms with van der Waals surface area (Å²) in [7, 11) is 0. The van der Waals surface area contributed by atoms with Crippen LogP contribution in [0.25, 0.3) is 0 Å². The van der Waals surface area contributed by atoms with Crippen LogP contribution in [-0.2, 0) is 40.0 Å². The maximum absolute atomic E-state index is 12.8. The molecule has 0 amide bonds. The number of hydrogen-bond donors (Lipinski definition) is 0. The summed E-state index contributed by atoms with van der Waals surface area (Å²) in [6.07, 6.45) is 5.86. The smallest absolute Gasteiger partial charge is 0.306 e. The minimum absolute atomic E-state index is 0.153. The molecule has 2 unspecified atom stereocenters. The molecule has 2 heterocycles. The van der Waals surface area contributed by atoms with Crippen LogP contribution in [0.1, 0.15) is 64.2 Å². The summed E-state index contributed by atoms with van der Waals surface area (Å²) in [5.74, 6) is 0.354. The van der Waals surface area contributed by atoms with Gasteiger partial charge in [0.2, 0.25) is 0 Å². The number of benzene rings is 1. The largest absolute Gasteiger partial charge is 0.465 e. The number of Topliss-reactive ketones (excluding diaryl/α,β-unsaturated/α-hetero) is 1. The van der Waals surface area contributed by atoms with Gasteiger partial charge in [0.15, 0.2) is 0 Å². The molecule has 0 spiro atoms. The van der Waals surface area contributed by atoms with Crippen LogP contribution in [0.15, 0.2) is 54.7 Å². The normalized spacial score (nSPS) is 15.6. The van der Waals surface area contributed by atoms with Gasteiger partial charge in [-0.2, -0.15) is 5.26 Å². The second-order valence-electron chi connectivity index (χ2n) is 9.26. The Morgan fingerprint density at radius 3 is 2.74 bits per heavy atom. The highest BCUT2D eigenvalue weighted by Gasteiger charge is 2.27. The number of thiophene rings is 1. The van der Waals surface area contributed by atoms with Crippen LogP contribution in [0.5, 0.6) is 0 Å². The molecule has 35 heavy (non-hydrogen) atoms. The van der Waals surface area contributed by atoms with Gasteiger partial charge in [-0.1, -0.05) is 43.3 Å². The maximum Gasteiger partial charge on any atom is 0.306 e. The van der Waals surface area contributed by atoms with Crippen LogP contribution in [0.4, 0.5) is 0 Å². The van der Waals surface area contributed by atoms with Crippen molar-refractivity contribution < 1.29 is 14.3 Å². The molecule has 180 valence electrons. The Balaban J connectivity index is 1.30. The van der Waals surface area contributed by atoms with E-state index in [0.717, 1.165) is 41.0 Å². The molecule has 6 heteroatoms. The Labute approximate surface area is 210 Å². The minimum atomic E-state index is -0.204. The number of aryl methyl sites for hydroxylation is 1. The van der Waals surface area contributed by atoms with Gasteiger partial charge in [0.1, 0.15) is 11.9 Å². The van der Waals surface area contributed by atoms with E-state index in [1.54, 1.807) is 17.5 Å². The molecule has 4 rings (SSSR count). The van der Waals surface area contributed by atoms with Gasteiger partial charge in [-0.05, 0) is 54.4 Å². The van der Waals surface area contributed by atoms with Crippen LogP contribution in [0.2, 0.25) is 0 Å². The van der Waals surface area contributed by atoms with E-state index in [0.29, 0.717) is 37.9 Å². The third kappa shape index (κ3) is 6.64. The van der Waals surface area contributed by atoms with E-state index in [4.69, 9.17) is 4.74 Å². The quantitative estimate of drug-likeness (QED) is 0.349. The van der Waals surface area contributed by atoms with Crippen molar-refractivity contribution in [3.63, 3.8) is 0 Å². The molecule has 0 saturated carbocycles. The number of aromatic nitrogens is 1. The molecule has 2 aromatic heterocycles. The molecule has 0 saturated heterocycles. The third-order valence-corrected chi connectivity index (χ3v) is 7.86. The van der Waals surface area contributed by atoms with Crippen LogP contribution in [-0.4, -0.2) is 23.3 Å². The molecule has 0 aliphatic heterocycles.